The molecule has 34 heavy (non-hydrogen) atoms. The van der Waals surface area contributed by atoms with Crippen LogP contribution < -0.4 is 21.5 Å². The minimum Gasteiger partial charge on any atom is -0.444 e. The maximum Gasteiger partial charge on any atom is 0.407 e. The number of carbonyl (C=O) groups is 1. The number of H-pyrrole nitrogens is 1. The van der Waals surface area contributed by atoms with Crippen LogP contribution in [-0.2, 0) is 18.3 Å². The maximum atomic E-state index is 12.5. The van der Waals surface area contributed by atoms with E-state index >= 15 is 0 Å². The zero-order valence-corrected chi connectivity index (χ0v) is 22.0. The van der Waals surface area contributed by atoms with Gasteiger partial charge in [0.1, 0.15) is 5.60 Å². The van der Waals surface area contributed by atoms with Gasteiger partial charge in [-0.05, 0) is 40.5 Å². The first-order chi connectivity index (χ1) is 16.1. The number of amides is 1. The fraction of sp³-hybridized carbons (Fsp3) is 0.667. The van der Waals surface area contributed by atoms with Crippen molar-refractivity contribution in [3.05, 3.63) is 20.8 Å². The second-order valence-electron chi connectivity index (χ2n) is 8.35. The Bertz CT molecular complexity index is 1130. The van der Waals surface area contributed by atoms with Crippen LogP contribution >= 0.6 is 0 Å². The van der Waals surface area contributed by atoms with Crippen molar-refractivity contribution in [3.63, 3.8) is 0 Å². The third kappa shape index (κ3) is 7.14. The van der Waals surface area contributed by atoms with Crippen LogP contribution in [0.1, 0.15) is 68.2 Å². The van der Waals surface area contributed by atoms with Gasteiger partial charge in [0.15, 0.2) is 11.2 Å². The number of aromatic nitrogens is 4. The van der Waals surface area contributed by atoms with Gasteiger partial charge in [-0.25, -0.2) is 9.59 Å². The summed E-state index contributed by atoms with van der Waals surface area (Å²) >= 11 is 0. The highest BCUT2D eigenvalue weighted by molar-refractivity contribution is 5.74. The number of nitrogens with zero attached hydrogens (tertiary/aromatic N) is 4. The van der Waals surface area contributed by atoms with E-state index in [1.165, 1.54) is 4.57 Å². The Labute approximate surface area is 201 Å². The molecule has 2 N–H and O–H groups in total. The van der Waals surface area contributed by atoms with Crippen LogP contribution in [0.3, 0.4) is 0 Å². The molecule has 1 fully saturated rings. The van der Waals surface area contributed by atoms with Gasteiger partial charge in [-0.1, -0.05) is 33.6 Å². The van der Waals surface area contributed by atoms with Crippen LogP contribution in [0.2, 0.25) is 0 Å². The SMILES string of the molecule is CC.CC.CC#CCn1c(N2CCCC(NC(=O)OC(C)(C)C)C2)nc2c1c(=O)[nH]c(=O)n2C. The lowest BCUT2D eigenvalue weighted by molar-refractivity contribution is 0.0500. The highest BCUT2D eigenvalue weighted by Gasteiger charge is 2.28. The number of fused-ring (bicyclic) bond motifs is 1. The summed E-state index contributed by atoms with van der Waals surface area (Å²) in [7, 11) is 1.57. The van der Waals surface area contributed by atoms with Gasteiger partial charge in [0.05, 0.1) is 6.54 Å². The van der Waals surface area contributed by atoms with Gasteiger partial charge < -0.3 is 15.0 Å². The maximum absolute atomic E-state index is 12.5. The summed E-state index contributed by atoms with van der Waals surface area (Å²) in [4.78, 5) is 45.6. The van der Waals surface area contributed by atoms with Crippen LogP contribution in [0.5, 0.6) is 0 Å². The number of carbonyl (C=O) groups excluding carboxylic acids is 1. The quantitative estimate of drug-likeness (QED) is 0.658. The number of hydrogen-bond acceptors (Lipinski definition) is 6. The predicted molar refractivity (Wildman–Crippen MR) is 136 cm³/mol. The molecule has 3 rings (SSSR count). The molecule has 190 valence electrons. The molecule has 10 heteroatoms. The fourth-order valence-electron chi connectivity index (χ4n) is 3.52. The van der Waals surface area contributed by atoms with E-state index in [4.69, 9.17) is 4.74 Å². The molecule has 1 unspecified atom stereocenters. The molecule has 0 saturated carbocycles. The number of alkyl carbamates (subject to hydrolysis) is 1. The standard InChI is InChI=1S/C20H28N6O4.2C2H6/c1-6-7-11-26-14-15(24(5)18(28)23-16(14)27)22-17(26)25-10-8-9-13(12-25)21-19(29)30-20(2,3)4;2*1-2/h13H,8-12H2,1-5H3,(H,21,29)(H,23,27,28);2*1-2H3. The number of rotatable bonds is 3. The van der Waals surface area contributed by atoms with Gasteiger partial charge in [-0.2, -0.15) is 4.98 Å². The van der Waals surface area contributed by atoms with E-state index in [1.807, 2.05) is 53.4 Å². The number of aryl methyl sites for hydroxylation is 1. The van der Waals surface area contributed by atoms with Crippen molar-refractivity contribution in [2.24, 2.45) is 7.05 Å². The Hall–Kier alpha value is -3.22. The van der Waals surface area contributed by atoms with E-state index in [1.54, 1.807) is 18.5 Å². The molecule has 0 aromatic carbocycles. The Kier molecular flexibility index (Phi) is 10.9. The molecule has 10 nitrogen and oxygen atoms in total. The molecular formula is C24H40N6O4. The first kappa shape index (κ1) is 28.8. The highest BCUT2D eigenvalue weighted by atomic mass is 16.6. The molecular weight excluding hydrogens is 436 g/mol. The molecule has 0 aliphatic carbocycles. The van der Waals surface area contributed by atoms with Crippen molar-refractivity contribution in [2.75, 3.05) is 18.0 Å². The Morgan fingerprint density at radius 2 is 1.88 bits per heavy atom. The monoisotopic (exact) mass is 476 g/mol. The molecule has 3 heterocycles. The van der Waals surface area contributed by atoms with E-state index in [0.29, 0.717) is 30.2 Å². The van der Waals surface area contributed by atoms with Crippen molar-refractivity contribution in [2.45, 2.75) is 86.4 Å². The van der Waals surface area contributed by atoms with Crippen LogP contribution in [0, 0.1) is 11.8 Å². The number of anilines is 1. The second-order valence-corrected chi connectivity index (χ2v) is 8.35. The zero-order chi connectivity index (χ0) is 26.1. The summed E-state index contributed by atoms with van der Waals surface area (Å²) in [5, 5.41) is 2.91. The lowest BCUT2D eigenvalue weighted by atomic mass is 10.1. The van der Waals surface area contributed by atoms with E-state index in [-0.39, 0.29) is 12.6 Å². The summed E-state index contributed by atoms with van der Waals surface area (Å²) in [6, 6.07) is -0.124. The van der Waals surface area contributed by atoms with Gasteiger partial charge >= 0.3 is 11.8 Å². The molecule has 0 radical (unpaired) electrons. The molecule has 2 aromatic rings. The number of imidazole rings is 1. The van der Waals surface area contributed by atoms with Gasteiger partial charge in [0.25, 0.3) is 5.56 Å². The van der Waals surface area contributed by atoms with E-state index in [9.17, 15) is 14.4 Å². The van der Waals surface area contributed by atoms with Crippen LogP contribution in [0.4, 0.5) is 10.7 Å². The third-order valence-electron chi connectivity index (χ3n) is 4.83. The topological polar surface area (TPSA) is 114 Å². The van der Waals surface area contributed by atoms with Crippen molar-refractivity contribution in [1.82, 2.24) is 24.4 Å². The first-order valence-corrected chi connectivity index (χ1v) is 11.9. The summed E-state index contributed by atoms with van der Waals surface area (Å²) < 4.78 is 8.40. The fourth-order valence-corrected chi connectivity index (χ4v) is 3.52. The zero-order valence-electron chi connectivity index (χ0n) is 22.0. The molecule has 1 amide bonds. The van der Waals surface area contributed by atoms with Gasteiger partial charge in [-0.15, -0.1) is 5.92 Å². The van der Waals surface area contributed by atoms with Gasteiger partial charge in [0, 0.05) is 26.2 Å². The minimum atomic E-state index is -0.572. The Balaban J connectivity index is 0.00000137. The van der Waals surface area contributed by atoms with E-state index in [0.717, 1.165) is 12.8 Å². The van der Waals surface area contributed by atoms with Gasteiger partial charge in [-0.3, -0.25) is 18.9 Å². The average molecular weight is 477 g/mol. The second kappa shape index (κ2) is 12.9. The van der Waals surface area contributed by atoms with E-state index < -0.39 is 22.9 Å². The number of aromatic amines is 1. The van der Waals surface area contributed by atoms with Crippen LogP contribution in [-0.4, -0.2) is 49.9 Å². The van der Waals surface area contributed by atoms with Crippen LogP contribution in [0.25, 0.3) is 11.2 Å². The molecule has 1 atom stereocenters. The van der Waals surface area contributed by atoms with Crippen molar-refractivity contribution in [1.29, 1.82) is 0 Å². The molecule has 1 saturated heterocycles. The number of hydrogen-bond donors (Lipinski definition) is 2. The molecule has 1 aliphatic rings. The Morgan fingerprint density at radius 1 is 1.24 bits per heavy atom. The van der Waals surface area contributed by atoms with E-state index in [2.05, 4.69) is 27.1 Å². The predicted octanol–water partition coefficient (Wildman–Crippen LogP) is 2.99. The lowest BCUT2D eigenvalue weighted by Gasteiger charge is -2.34. The molecule has 0 spiro atoms. The minimum absolute atomic E-state index is 0.124. The first-order valence-electron chi connectivity index (χ1n) is 11.9. The molecule has 0 bridgehead atoms. The summed E-state index contributed by atoms with van der Waals surface area (Å²) in [5.41, 5.74) is -0.980. The van der Waals surface area contributed by atoms with Crippen molar-refractivity contribution < 1.29 is 9.53 Å². The smallest absolute Gasteiger partial charge is 0.407 e. The van der Waals surface area contributed by atoms with Crippen molar-refractivity contribution >= 4 is 23.2 Å². The lowest BCUT2D eigenvalue weighted by Crippen LogP contribution is -2.49. The van der Waals surface area contributed by atoms with Crippen molar-refractivity contribution in [3.8, 4) is 11.8 Å². The summed E-state index contributed by atoms with van der Waals surface area (Å²) in [5.74, 6) is 6.35. The largest absolute Gasteiger partial charge is 0.444 e. The summed E-state index contributed by atoms with van der Waals surface area (Å²) in [6.45, 7) is 16.7. The number of ether oxygens (including phenoxy) is 1. The summed E-state index contributed by atoms with van der Waals surface area (Å²) in [6.07, 6.45) is 1.18. The van der Waals surface area contributed by atoms with Crippen LogP contribution in [0.15, 0.2) is 9.59 Å². The Morgan fingerprint density at radius 3 is 2.47 bits per heavy atom. The third-order valence-corrected chi connectivity index (χ3v) is 4.83. The normalized spacial score (nSPS) is 15.2. The number of nitrogens with one attached hydrogen (secondary N) is 2. The highest BCUT2D eigenvalue weighted by Crippen LogP contribution is 2.23. The average Bonchev–Trinajstić information content (AvgIpc) is 3.18. The molecule has 1 aliphatic heterocycles. The van der Waals surface area contributed by atoms with Gasteiger partial charge in [0.2, 0.25) is 5.95 Å². The molecule has 2 aromatic heterocycles. The number of piperidine rings is 1.